The molecule has 2 aromatic carbocycles. The van der Waals surface area contributed by atoms with E-state index in [2.05, 4.69) is 20.8 Å². The third-order valence-corrected chi connectivity index (χ3v) is 4.73. The van der Waals surface area contributed by atoms with Crippen LogP contribution >= 0.6 is 11.3 Å². The van der Waals surface area contributed by atoms with Crippen LogP contribution in [0.5, 0.6) is 0 Å². The van der Waals surface area contributed by atoms with E-state index < -0.39 is 12.0 Å². The van der Waals surface area contributed by atoms with Crippen molar-refractivity contribution in [3.05, 3.63) is 70.7 Å². The summed E-state index contributed by atoms with van der Waals surface area (Å²) < 4.78 is 5.10. The molecule has 0 fully saturated rings. The molecule has 0 saturated carbocycles. The molecule has 0 spiro atoms. The van der Waals surface area contributed by atoms with Crippen molar-refractivity contribution in [3.8, 4) is 0 Å². The van der Waals surface area contributed by atoms with Crippen molar-refractivity contribution in [2.45, 2.75) is 19.9 Å². The summed E-state index contributed by atoms with van der Waals surface area (Å²) in [5.41, 5.74) is 2.45. The van der Waals surface area contributed by atoms with Gasteiger partial charge >= 0.3 is 5.97 Å². The van der Waals surface area contributed by atoms with Gasteiger partial charge in [-0.15, -0.1) is 10.2 Å². The van der Waals surface area contributed by atoms with Gasteiger partial charge in [-0.3, -0.25) is 4.79 Å². The number of rotatable bonds is 7. The van der Waals surface area contributed by atoms with E-state index in [-0.39, 0.29) is 12.5 Å². The van der Waals surface area contributed by atoms with Gasteiger partial charge in [0.15, 0.2) is 11.0 Å². The van der Waals surface area contributed by atoms with E-state index in [0.29, 0.717) is 15.7 Å². The number of hydrogen-bond acceptors (Lipinski definition) is 7. The zero-order chi connectivity index (χ0) is 19.9. The van der Waals surface area contributed by atoms with Crippen LogP contribution in [0.2, 0.25) is 0 Å². The molecule has 0 bridgehead atoms. The zero-order valence-electron chi connectivity index (χ0n) is 15.5. The van der Waals surface area contributed by atoms with Crippen LogP contribution < -0.4 is 10.6 Å². The quantitative estimate of drug-likeness (QED) is 0.593. The number of amides is 1. The number of nitrogens with zero attached hydrogens (tertiary/aromatic N) is 2. The van der Waals surface area contributed by atoms with Crippen LogP contribution in [0.25, 0.3) is 0 Å². The third-order valence-electron chi connectivity index (χ3n) is 3.82. The molecule has 8 heteroatoms. The maximum Gasteiger partial charge on any atom is 0.335 e. The Morgan fingerprint density at radius 3 is 2.46 bits per heavy atom. The largest absolute Gasteiger partial charge is 0.464 e. The summed E-state index contributed by atoms with van der Waals surface area (Å²) in [6.45, 7) is 3.91. The SMILES string of the molecule is CCOC(=O)[C@@H](NC(=O)c1ccccc1)c1nnc(Nc2ccc(C)cc2)s1. The Kier molecular flexibility index (Phi) is 6.33. The van der Waals surface area contributed by atoms with E-state index in [4.69, 9.17) is 4.74 Å². The second-order valence-electron chi connectivity index (χ2n) is 5.96. The van der Waals surface area contributed by atoms with E-state index in [1.165, 1.54) is 11.3 Å². The number of benzene rings is 2. The Balaban J connectivity index is 1.78. The van der Waals surface area contributed by atoms with Gasteiger partial charge < -0.3 is 15.4 Å². The molecular formula is C20H20N4O3S. The van der Waals surface area contributed by atoms with E-state index in [1.54, 1.807) is 31.2 Å². The summed E-state index contributed by atoms with van der Waals surface area (Å²) in [4.78, 5) is 24.9. The third kappa shape index (κ3) is 4.92. The number of carbonyl (C=O) groups is 2. The topological polar surface area (TPSA) is 93.2 Å². The van der Waals surface area contributed by atoms with Gasteiger partial charge in [0.25, 0.3) is 5.91 Å². The van der Waals surface area contributed by atoms with E-state index in [0.717, 1.165) is 11.3 Å². The molecule has 0 aliphatic heterocycles. The minimum Gasteiger partial charge on any atom is -0.464 e. The molecule has 7 nitrogen and oxygen atoms in total. The van der Waals surface area contributed by atoms with Crippen molar-refractivity contribution in [2.75, 3.05) is 11.9 Å². The minimum atomic E-state index is -1.03. The van der Waals surface area contributed by atoms with Gasteiger partial charge in [-0.25, -0.2) is 4.79 Å². The predicted octanol–water partition coefficient (Wildman–Crippen LogP) is 3.62. The van der Waals surface area contributed by atoms with Crippen LogP contribution in [-0.2, 0) is 9.53 Å². The molecule has 2 N–H and O–H groups in total. The van der Waals surface area contributed by atoms with Gasteiger partial charge in [0, 0.05) is 11.3 Å². The van der Waals surface area contributed by atoms with Crippen LogP contribution in [-0.4, -0.2) is 28.7 Å². The molecule has 0 saturated heterocycles. The lowest BCUT2D eigenvalue weighted by molar-refractivity contribution is -0.145. The Hall–Kier alpha value is -3.26. The molecule has 28 heavy (non-hydrogen) atoms. The highest BCUT2D eigenvalue weighted by molar-refractivity contribution is 7.15. The highest BCUT2D eigenvalue weighted by Gasteiger charge is 2.28. The van der Waals surface area contributed by atoms with Crippen molar-refractivity contribution < 1.29 is 14.3 Å². The molecule has 1 atom stereocenters. The second kappa shape index (κ2) is 9.09. The first-order valence-corrected chi connectivity index (χ1v) is 9.58. The lowest BCUT2D eigenvalue weighted by Crippen LogP contribution is -2.35. The van der Waals surface area contributed by atoms with Crippen molar-refractivity contribution in [3.63, 3.8) is 0 Å². The summed E-state index contributed by atoms with van der Waals surface area (Å²) in [5, 5.41) is 14.8. The maximum atomic E-state index is 12.5. The molecule has 3 rings (SSSR count). The summed E-state index contributed by atoms with van der Waals surface area (Å²) >= 11 is 1.18. The zero-order valence-corrected chi connectivity index (χ0v) is 16.3. The fraction of sp³-hybridized carbons (Fsp3) is 0.200. The monoisotopic (exact) mass is 396 g/mol. The van der Waals surface area contributed by atoms with Gasteiger partial charge in [-0.1, -0.05) is 47.2 Å². The summed E-state index contributed by atoms with van der Waals surface area (Å²) in [6, 6.07) is 15.4. The first-order valence-electron chi connectivity index (χ1n) is 8.76. The van der Waals surface area contributed by atoms with E-state index in [9.17, 15) is 9.59 Å². The Morgan fingerprint density at radius 1 is 1.07 bits per heavy atom. The molecule has 3 aromatic rings. The Labute approximate surface area is 166 Å². The van der Waals surface area contributed by atoms with Crippen LogP contribution in [0.1, 0.15) is 33.9 Å². The number of aryl methyl sites for hydroxylation is 1. The fourth-order valence-electron chi connectivity index (χ4n) is 2.41. The van der Waals surface area contributed by atoms with Gasteiger partial charge in [0.1, 0.15) is 0 Å². The molecular weight excluding hydrogens is 376 g/mol. The van der Waals surface area contributed by atoms with Crippen LogP contribution in [0, 0.1) is 6.92 Å². The van der Waals surface area contributed by atoms with Crippen molar-refractivity contribution in [1.82, 2.24) is 15.5 Å². The van der Waals surface area contributed by atoms with Gasteiger partial charge in [0.05, 0.1) is 6.61 Å². The molecule has 1 aromatic heterocycles. The average Bonchev–Trinajstić information content (AvgIpc) is 3.16. The van der Waals surface area contributed by atoms with E-state index in [1.807, 2.05) is 37.3 Å². The summed E-state index contributed by atoms with van der Waals surface area (Å²) in [5.74, 6) is -0.966. The number of nitrogens with one attached hydrogen (secondary N) is 2. The normalized spacial score (nSPS) is 11.5. The molecule has 0 aliphatic carbocycles. The van der Waals surface area contributed by atoms with Crippen LogP contribution in [0.15, 0.2) is 54.6 Å². The first kappa shape index (κ1) is 19.5. The van der Waals surface area contributed by atoms with Crippen molar-refractivity contribution in [1.29, 1.82) is 0 Å². The summed E-state index contributed by atoms with van der Waals surface area (Å²) in [6.07, 6.45) is 0. The predicted molar refractivity (Wildman–Crippen MR) is 108 cm³/mol. The standard InChI is InChI=1S/C20H20N4O3S/c1-3-27-19(26)16(22-17(25)14-7-5-4-6-8-14)18-23-24-20(28-18)21-15-11-9-13(2)10-12-15/h4-12,16H,3H2,1-2H3,(H,21,24)(H,22,25)/t16-/m0/s1. The molecule has 0 aliphatic rings. The van der Waals surface area contributed by atoms with Gasteiger partial charge in [-0.05, 0) is 38.1 Å². The Bertz CT molecular complexity index is 942. The lowest BCUT2D eigenvalue weighted by atomic mass is 10.2. The van der Waals surface area contributed by atoms with E-state index >= 15 is 0 Å². The highest BCUT2D eigenvalue weighted by Crippen LogP contribution is 2.26. The average molecular weight is 396 g/mol. The molecule has 0 unspecified atom stereocenters. The first-order chi connectivity index (χ1) is 13.6. The molecule has 1 amide bonds. The summed E-state index contributed by atoms with van der Waals surface area (Å²) in [7, 11) is 0. The molecule has 1 heterocycles. The minimum absolute atomic E-state index is 0.198. The number of aromatic nitrogens is 2. The lowest BCUT2D eigenvalue weighted by Gasteiger charge is -2.14. The number of ether oxygens (including phenoxy) is 1. The molecule has 144 valence electrons. The van der Waals surface area contributed by atoms with Gasteiger partial charge in [0.2, 0.25) is 5.13 Å². The maximum absolute atomic E-state index is 12.5. The van der Waals surface area contributed by atoms with Crippen LogP contribution in [0.3, 0.4) is 0 Å². The Morgan fingerprint density at radius 2 is 1.79 bits per heavy atom. The number of hydrogen-bond donors (Lipinski definition) is 2. The molecule has 0 radical (unpaired) electrons. The number of esters is 1. The van der Waals surface area contributed by atoms with Crippen molar-refractivity contribution >= 4 is 34.0 Å². The fourth-order valence-corrected chi connectivity index (χ4v) is 3.22. The van der Waals surface area contributed by atoms with Crippen LogP contribution in [0.4, 0.5) is 10.8 Å². The second-order valence-corrected chi connectivity index (χ2v) is 6.97. The smallest absolute Gasteiger partial charge is 0.335 e. The number of anilines is 2. The highest BCUT2D eigenvalue weighted by atomic mass is 32.1. The van der Waals surface area contributed by atoms with Crippen molar-refractivity contribution in [2.24, 2.45) is 0 Å². The van der Waals surface area contributed by atoms with Gasteiger partial charge in [-0.2, -0.15) is 0 Å². The number of carbonyl (C=O) groups excluding carboxylic acids is 2.